The van der Waals surface area contributed by atoms with Crippen LogP contribution in [0.5, 0.6) is 0 Å². The van der Waals surface area contributed by atoms with Crippen LogP contribution in [0.15, 0.2) is 0 Å². The molecule has 0 aromatic heterocycles. The topological polar surface area (TPSA) is 61.5 Å². The van der Waals surface area contributed by atoms with Crippen LogP contribution >= 0.6 is 0 Å². The monoisotopic (exact) mass is 201 g/mol. The Bertz CT molecular complexity index is 188. The predicted molar refractivity (Wildman–Crippen MR) is 52.8 cm³/mol. The molecule has 2 N–H and O–H groups in total. The van der Waals surface area contributed by atoms with Crippen LogP contribution in [0.25, 0.3) is 0 Å². The average molecular weight is 201 g/mol. The summed E-state index contributed by atoms with van der Waals surface area (Å²) in [5.74, 6) is -0.269. The van der Waals surface area contributed by atoms with Gasteiger partial charge in [0.2, 0.25) is 0 Å². The highest BCUT2D eigenvalue weighted by Gasteiger charge is 2.36. The van der Waals surface area contributed by atoms with Gasteiger partial charge in [-0.25, -0.2) is 0 Å². The van der Waals surface area contributed by atoms with Crippen molar-refractivity contribution >= 4 is 5.97 Å². The quantitative estimate of drug-likeness (QED) is 0.541. The molecule has 4 nitrogen and oxygen atoms in total. The molecule has 0 heterocycles. The number of rotatable bonds is 4. The lowest BCUT2D eigenvalue weighted by Crippen LogP contribution is -2.50. The Labute approximate surface area is 84.7 Å². The number of hydrogen-bond donors (Lipinski definition) is 1. The molecular formula is C10H19NO3. The Morgan fingerprint density at radius 2 is 1.93 bits per heavy atom. The maximum atomic E-state index is 11.6. The van der Waals surface area contributed by atoms with Gasteiger partial charge in [0, 0.05) is 7.11 Å². The van der Waals surface area contributed by atoms with E-state index in [1.165, 1.54) is 6.42 Å². The van der Waals surface area contributed by atoms with E-state index in [0.717, 1.165) is 25.7 Å². The molecule has 14 heavy (non-hydrogen) atoms. The lowest BCUT2D eigenvalue weighted by molar-refractivity contribution is -0.152. The van der Waals surface area contributed by atoms with Crippen LogP contribution < -0.4 is 5.73 Å². The second-order valence-electron chi connectivity index (χ2n) is 3.85. The summed E-state index contributed by atoms with van der Waals surface area (Å²) in [6.07, 6.45) is 4.72. The molecule has 0 aromatic rings. The lowest BCUT2D eigenvalue weighted by Gasteiger charge is -2.30. The van der Waals surface area contributed by atoms with Gasteiger partial charge in [0.25, 0.3) is 0 Å². The summed E-state index contributed by atoms with van der Waals surface area (Å²) < 4.78 is 9.83. The zero-order valence-electron chi connectivity index (χ0n) is 8.75. The van der Waals surface area contributed by atoms with E-state index in [2.05, 4.69) is 0 Å². The van der Waals surface area contributed by atoms with Gasteiger partial charge in [0.15, 0.2) is 0 Å². The van der Waals surface area contributed by atoms with Crippen molar-refractivity contribution in [3.8, 4) is 0 Å². The summed E-state index contributed by atoms with van der Waals surface area (Å²) in [4.78, 5) is 11.6. The van der Waals surface area contributed by atoms with Crippen LogP contribution in [-0.4, -0.2) is 31.8 Å². The normalized spacial score (nSPS) is 20.4. The van der Waals surface area contributed by atoms with Crippen molar-refractivity contribution in [2.45, 2.75) is 37.6 Å². The molecule has 0 spiro atoms. The zero-order valence-corrected chi connectivity index (χ0v) is 8.75. The maximum absolute atomic E-state index is 11.6. The van der Waals surface area contributed by atoms with E-state index in [1.807, 2.05) is 0 Å². The number of ether oxygens (including phenoxy) is 2. The Morgan fingerprint density at radius 3 is 2.50 bits per heavy atom. The summed E-state index contributed by atoms with van der Waals surface area (Å²) in [6.45, 7) is 0.732. The van der Waals surface area contributed by atoms with Crippen molar-refractivity contribution in [1.82, 2.24) is 0 Å². The van der Waals surface area contributed by atoms with Crippen LogP contribution in [0.4, 0.5) is 0 Å². The van der Waals surface area contributed by atoms with Crippen molar-refractivity contribution in [1.29, 1.82) is 0 Å². The molecule has 1 aliphatic carbocycles. The van der Waals surface area contributed by atoms with Gasteiger partial charge in [-0.15, -0.1) is 0 Å². The first kappa shape index (κ1) is 11.5. The van der Waals surface area contributed by atoms with Gasteiger partial charge in [-0.05, 0) is 12.8 Å². The molecule has 0 atom stereocenters. The fourth-order valence-corrected chi connectivity index (χ4v) is 1.75. The van der Waals surface area contributed by atoms with Crippen LogP contribution in [-0.2, 0) is 14.3 Å². The van der Waals surface area contributed by atoms with Gasteiger partial charge in [-0.2, -0.15) is 0 Å². The lowest BCUT2D eigenvalue weighted by atomic mass is 9.83. The number of carbonyl (C=O) groups is 1. The zero-order chi connectivity index (χ0) is 10.4. The predicted octanol–water partition coefficient (Wildman–Crippen LogP) is 0.838. The third-order valence-electron chi connectivity index (χ3n) is 2.67. The van der Waals surface area contributed by atoms with E-state index in [1.54, 1.807) is 7.11 Å². The van der Waals surface area contributed by atoms with Crippen LogP contribution in [0.1, 0.15) is 32.1 Å². The van der Waals surface area contributed by atoms with Crippen LogP contribution in [0, 0.1) is 0 Å². The summed E-state index contributed by atoms with van der Waals surface area (Å²) >= 11 is 0. The van der Waals surface area contributed by atoms with E-state index in [-0.39, 0.29) is 5.97 Å². The van der Waals surface area contributed by atoms with E-state index in [4.69, 9.17) is 15.2 Å². The van der Waals surface area contributed by atoms with E-state index >= 15 is 0 Å². The van der Waals surface area contributed by atoms with Crippen molar-refractivity contribution < 1.29 is 14.3 Å². The molecule has 0 amide bonds. The highest BCUT2D eigenvalue weighted by Crippen LogP contribution is 2.26. The summed E-state index contributed by atoms with van der Waals surface area (Å²) in [6, 6.07) is 0. The Hall–Kier alpha value is -0.610. The minimum absolute atomic E-state index is 0.269. The molecular weight excluding hydrogens is 182 g/mol. The number of esters is 1. The average Bonchev–Trinajstić information content (AvgIpc) is 2.19. The van der Waals surface area contributed by atoms with E-state index in [0.29, 0.717) is 13.2 Å². The number of methoxy groups -OCH3 is 1. The Balaban J connectivity index is 2.33. The molecule has 1 saturated carbocycles. The summed E-state index contributed by atoms with van der Waals surface area (Å²) in [7, 11) is 1.58. The second-order valence-corrected chi connectivity index (χ2v) is 3.85. The third-order valence-corrected chi connectivity index (χ3v) is 2.67. The first-order valence-electron chi connectivity index (χ1n) is 5.14. The molecule has 82 valence electrons. The fourth-order valence-electron chi connectivity index (χ4n) is 1.75. The fraction of sp³-hybridized carbons (Fsp3) is 0.900. The maximum Gasteiger partial charge on any atom is 0.326 e. The largest absolute Gasteiger partial charge is 0.462 e. The van der Waals surface area contributed by atoms with Gasteiger partial charge < -0.3 is 15.2 Å². The van der Waals surface area contributed by atoms with Gasteiger partial charge >= 0.3 is 5.97 Å². The van der Waals surface area contributed by atoms with Crippen molar-refractivity contribution in [2.24, 2.45) is 5.73 Å². The smallest absolute Gasteiger partial charge is 0.326 e. The highest BCUT2D eigenvalue weighted by atomic mass is 16.6. The number of nitrogens with two attached hydrogens (primary N) is 1. The molecule has 0 bridgehead atoms. The minimum atomic E-state index is -0.730. The first-order chi connectivity index (χ1) is 6.69. The van der Waals surface area contributed by atoms with Crippen molar-refractivity contribution in [3.05, 3.63) is 0 Å². The molecule has 0 aromatic carbocycles. The standard InChI is InChI=1S/C10H19NO3/c1-13-7-8-14-9(12)10(11)5-3-2-4-6-10/h2-8,11H2,1H3. The Kier molecular flexibility index (Phi) is 4.35. The molecule has 1 aliphatic rings. The molecule has 0 aliphatic heterocycles. The molecule has 1 rings (SSSR count). The van der Waals surface area contributed by atoms with Gasteiger partial charge in [0.1, 0.15) is 12.1 Å². The second kappa shape index (κ2) is 5.32. The Morgan fingerprint density at radius 1 is 1.29 bits per heavy atom. The highest BCUT2D eigenvalue weighted by molar-refractivity contribution is 5.80. The van der Waals surface area contributed by atoms with Gasteiger partial charge in [-0.3, -0.25) is 4.79 Å². The molecule has 0 saturated heterocycles. The van der Waals surface area contributed by atoms with Crippen molar-refractivity contribution in [3.63, 3.8) is 0 Å². The van der Waals surface area contributed by atoms with Crippen LogP contribution in [0.3, 0.4) is 0 Å². The molecule has 0 radical (unpaired) electrons. The van der Waals surface area contributed by atoms with Crippen LogP contribution in [0.2, 0.25) is 0 Å². The summed E-state index contributed by atoms with van der Waals surface area (Å²) in [5.41, 5.74) is 5.24. The molecule has 1 fully saturated rings. The van der Waals surface area contributed by atoms with Gasteiger partial charge in [0.05, 0.1) is 6.61 Å². The number of hydrogen-bond acceptors (Lipinski definition) is 4. The molecule has 4 heteroatoms. The SMILES string of the molecule is COCCOC(=O)C1(N)CCCCC1. The third kappa shape index (κ3) is 2.96. The number of carbonyl (C=O) groups excluding carboxylic acids is 1. The van der Waals surface area contributed by atoms with E-state index in [9.17, 15) is 4.79 Å². The van der Waals surface area contributed by atoms with E-state index < -0.39 is 5.54 Å². The minimum Gasteiger partial charge on any atom is -0.462 e. The molecule has 0 unspecified atom stereocenters. The first-order valence-corrected chi connectivity index (χ1v) is 5.14. The van der Waals surface area contributed by atoms with Gasteiger partial charge in [-0.1, -0.05) is 19.3 Å². The van der Waals surface area contributed by atoms with Crippen molar-refractivity contribution in [2.75, 3.05) is 20.3 Å². The summed E-state index contributed by atoms with van der Waals surface area (Å²) in [5, 5.41) is 0.